The Balaban J connectivity index is 1.36. The first-order valence-electron chi connectivity index (χ1n) is 17.7. The quantitative estimate of drug-likeness (QED) is 0.155. The molecule has 4 aromatic heterocycles. The van der Waals surface area contributed by atoms with Gasteiger partial charge in [0.1, 0.15) is 29.5 Å². The number of hydrogen-bond donors (Lipinski definition) is 0. The summed E-state index contributed by atoms with van der Waals surface area (Å²) in [5.74, 6) is 0.666. The smallest absolute Gasteiger partial charge is 0.410 e. The maximum Gasteiger partial charge on any atom is 0.410 e. The van der Waals surface area contributed by atoms with Crippen LogP contribution in [0.15, 0.2) is 72.4 Å². The van der Waals surface area contributed by atoms with E-state index in [1.807, 2.05) is 68.5 Å². The van der Waals surface area contributed by atoms with Gasteiger partial charge in [-0.2, -0.15) is 5.10 Å². The van der Waals surface area contributed by atoms with Crippen molar-refractivity contribution in [2.45, 2.75) is 45.8 Å². The molecule has 8 rings (SSSR count). The zero-order valence-corrected chi connectivity index (χ0v) is 31.0. The molecule has 6 aromatic rings. The Morgan fingerprint density at radius 3 is 2.68 bits per heavy atom. The number of nitrogens with zero attached hydrogens (tertiary/aromatic N) is 5. The molecule has 0 atom stereocenters. The summed E-state index contributed by atoms with van der Waals surface area (Å²) in [4.78, 5) is 25.2. The van der Waals surface area contributed by atoms with Crippen LogP contribution in [0, 0.1) is 5.82 Å². The molecule has 0 radical (unpaired) electrons. The first-order chi connectivity index (χ1) is 25.6. The van der Waals surface area contributed by atoms with Crippen LogP contribution in [0.2, 0.25) is 0 Å². The minimum absolute atomic E-state index is 0.233. The van der Waals surface area contributed by atoms with Crippen LogP contribution in [-0.2, 0) is 29.5 Å². The lowest BCUT2D eigenvalue weighted by molar-refractivity contribution is 0.0222. The number of carbonyl (C=O) groups is 1. The fourth-order valence-corrected chi connectivity index (χ4v) is 7.78. The molecule has 0 saturated carbocycles. The lowest BCUT2D eigenvalue weighted by Gasteiger charge is -2.31. The van der Waals surface area contributed by atoms with E-state index in [9.17, 15) is 9.18 Å². The number of aromatic nitrogens is 4. The second-order valence-electron chi connectivity index (χ2n) is 14.2. The summed E-state index contributed by atoms with van der Waals surface area (Å²) in [6.07, 6.45) is 8.61. The maximum atomic E-state index is 14.9. The van der Waals surface area contributed by atoms with Crippen molar-refractivity contribution in [1.29, 1.82) is 0 Å². The van der Waals surface area contributed by atoms with Gasteiger partial charge in [-0.05, 0) is 68.5 Å². The molecule has 2 aromatic carbocycles. The number of thiophene rings is 1. The first-order valence-corrected chi connectivity index (χ1v) is 18.6. The molecule has 0 N–H and O–H groups in total. The van der Waals surface area contributed by atoms with Crippen molar-refractivity contribution in [3.05, 3.63) is 89.5 Å². The third-order valence-electron chi connectivity index (χ3n) is 9.30. The van der Waals surface area contributed by atoms with Crippen LogP contribution >= 0.6 is 11.3 Å². The van der Waals surface area contributed by atoms with E-state index in [4.69, 9.17) is 28.9 Å². The number of hydrogen-bond acceptors (Lipinski definition) is 9. The molecule has 53 heavy (non-hydrogen) atoms. The van der Waals surface area contributed by atoms with Crippen LogP contribution in [0.1, 0.15) is 38.4 Å². The maximum absolute atomic E-state index is 14.9. The van der Waals surface area contributed by atoms with Gasteiger partial charge in [0.05, 0.1) is 49.5 Å². The fraction of sp³-hybridized carbons (Fsp3) is 0.317. The van der Waals surface area contributed by atoms with Crippen molar-refractivity contribution in [3.8, 4) is 45.1 Å². The monoisotopic (exact) mass is 733 g/mol. The second kappa shape index (κ2) is 14.2. The summed E-state index contributed by atoms with van der Waals surface area (Å²) in [7, 11) is 1.91. The Morgan fingerprint density at radius 2 is 1.81 bits per heavy atom. The molecule has 0 spiro atoms. The topological polar surface area (TPSA) is 101 Å². The van der Waals surface area contributed by atoms with E-state index in [1.165, 1.54) is 12.1 Å². The number of carbonyl (C=O) groups excluding carboxylic acids is 1. The van der Waals surface area contributed by atoms with Crippen molar-refractivity contribution in [3.63, 3.8) is 0 Å². The largest absolute Gasteiger partial charge is 0.492 e. The highest BCUT2D eigenvalue weighted by molar-refractivity contribution is 7.18. The van der Waals surface area contributed by atoms with Gasteiger partial charge < -0.3 is 23.8 Å². The molecule has 2 aliphatic heterocycles. The number of aryl methyl sites for hydroxylation is 1. The van der Waals surface area contributed by atoms with Crippen molar-refractivity contribution in [1.82, 2.24) is 24.6 Å². The van der Waals surface area contributed by atoms with Crippen molar-refractivity contribution in [2.24, 2.45) is 7.05 Å². The van der Waals surface area contributed by atoms with Crippen molar-refractivity contribution in [2.75, 3.05) is 33.0 Å². The number of benzene rings is 2. The molecule has 10 nitrogen and oxygen atoms in total. The zero-order chi connectivity index (χ0) is 36.7. The van der Waals surface area contributed by atoms with Gasteiger partial charge in [0.15, 0.2) is 0 Å². The summed E-state index contributed by atoms with van der Waals surface area (Å²) in [6.45, 7) is 7.89. The fourth-order valence-electron chi connectivity index (χ4n) is 6.82. The number of fused-ring (bicyclic) bond motifs is 12. The normalized spacial score (nSPS) is 15.8. The third-order valence-corrected chi connectivity index (χ3v) is 10.2. The molecule has 0 fully saturated rings. The molecule has 0 aliphatic carbocycles. The van der Waals surface area contributed by atoms with Gasteiger partial charge in [-0.25, -0.2) is 14.2 Å². The standard InChI is InChI=1S/C41H40FN5O5S/c1-41(2,3)52-40(48)47-12-10-32-27(24-47)18-26(22-43-32)37-36-29-9-8-28(42)20-34(29)51-16-15-49-13-6-5-7-14-50-35-21-33-25(23-44-46(33)4)19-31(35)38(45-37)30-11-17-53-39(30)36/h5-6,8-9,11,17-23H,7,10,12-16,24H2,1-4H3/b6-5+. The van der Waals surface area contributed by atoms with Crippen LogP contribution in [0.4, 0.5) is 9.18 Å². The SMILES string of the molecule is Cn1ncc2cc3c(cc21)OCC/C=C/COCCOc1cc(F)ccc1-c1c(-c2cnc4c(c2)CN(C(=O)OC(C)(C)C)CC4)nc-3c2ccsc12. The Kier molecular flexibility index (Phi) is 9.34. The highest BCUT2D eigenvalue weighted by Crippen LogP contribution is 2.48. The Labute approximate surface area is 310 Å². The highest BCUT2D eigenvalue weighted by atomic mass is 32.1. The number of ether oxygens (including phenoxy) is 4. The predicted molar refractivity (Wildman–Crippen MR) is 204 cm³/mol. The molecule has 0 unspecified atom stereocenters. The van der Waals surface area contributed by atoms with Crippen molar-refractivity contribution >= 4 is 38.4 Å². The molecule has 12 heteroatoms. The van der Waals surface area contributed by atoms with Crippen LogP contribution in [0.5, 0.6) is 11.5 Å². The van der Waals surface area contributed by atoms with Gasteiger partial charge in [0, 0.05) is 81.8 Å². The molecule has 0 saturated heterocycles. The third kappa shape index (κ3) is 7.08. The van der Waals surface area contributed by atoms with E-state index in [2.05, 4.69) is 23.3 Å². The predicted octanol–water partition coefficient (Wildman–Crippen LogP) is 8.75. The summed E-state index contributed by atoms with van der Waals surface area (Å²) >= 11 is 1.58. The number of amides is 1. The molecular formula is C41H40FN5O5S. The van der Waals surface area contributed by atoms with E-state index in [1.54, 1.807) is 22.3 Å². The lowest BCUT2D eigenvalue weighted by atomic mass is 9.94. The molecule has 1 amide bonds. The molecule has 272 valence electrons. The van der Waals surface area contributed by atoms with Crippen LogP contribution in [0.3, 0.4) is 0 Å². The van der Waals surface area contributed by atoms with Gasteiger partial charge in [-0.3, -0.25) is 9.67 Å². The zero-order valence-electron chi connectivity index (χ0n) is 30.1. The first kappa shape index (κ1) is 34.7. The van der Waals surface area contributed by atoms with E-state index < -0.39 is 11.4 Å². The minimum atomic E-state index is -0.612. The van der Waals surface area contributed by atoms with Gasteiger partial charge in [-0.1, -0.05) is 12.2 Å². The van der Waals surface area contributed by atoms with Gasteiger partial charge in [-0.15, -0.1) is 11.3 Å². The van der Waals surface area contributed by atoms with Gasteiger partial charge in [0.2, 0.25) is 0 Å². The Hall–Kier alpha value is -5.33. The molecule has 2 aliphatic rings. The molecule has 2 bridgehead atoms. The average Bonchev–Trinajstić information content (AvgIpc) is 3.77. The van der Waals surface area contributed by atoms with Gasteiger partial charge >= 0.3 is 6.09 Å². The number of halogens is 1. The summed E-state index contributed by atoms with van der Waals surface area (Å²) in [6, 6.07) is 12.8. The highest BCUT2D eigenvalue weighted by Gasteiger charge is 2.29. The summed E-state index contributed by atoms with van der Waals surface area (Å²) in [5.41, 5.74) is 6.62. The molecule has 6 heterocycles. The lowest BCUT2D eigenvalue weighted by Crippen LogP contribution is -2.40. The van der Waals surface area contributed by atoms with Crippen LogP contribution in [0.25, 0.3) is 54.6 Å². The Bertz CT molecular complexity index is 2380. The number of pyridine rings is 2. The molecular weight excluding hydrogens is 694 g/mol. The summed E-state index contributed by atoms with van der Waals surface area (Å²) < 4.78 is 42.0. The van der Waals surface area contributed by atoms with Crippen LogP contribution < -0.4 is 9.47 Å². The second-order valence-corrected chi connectivity index (χ2v) is 15.1. The number of rotatable bonds is 1. The Morgan fingerprint density at radius 1 is 0.962 bits per heavy atom. The van der Waals surface area contributed by atoms with E-state index in [-0.39, 0.29) is 12.7 Å². The van der Waals surface area contributed by atoms with Crippen LogP contribution in [-0.4, -0.2) is 69.3 Å². The minimum Gasteiger partial charge on any atom is -0.492 e. The van der Waals surface area contributed by atoms with E-state index in [0.717, 1.165) is 54.6 Å². The van der Waals surface area contributed by atoms with Gasteiger partial charge in [0.25, 0.3) is 0 Å². The van der Waals surface area contributed by atoms with E-state index >= 15 is 0 Å². The van der Waals surface area contributed by atoms with Crippen molar-refractivity contribution < 1.29 is 28.1 Å². The average molecular weight is 734 g/mol. The summed E-state index contributed by atoms with van der Waals surface area (Å²) in [5, 5.41) is 8.43. The van der Waals surface area contributed by atoms with E-state index in [0.29, 0.717) is 68.5 Å².